The van der Waals surface area contributed by atoms with Gasteiger partial charge in [0, 0.05) is 19.1 Å². The highest BCUT2D eigenvalue weighted by molar-refractivity contribution is 7.80. The zero-order valence-electron chi connectivity index (χ0n) is 27.9. The Labute approximate surface area is 289 Å². The molecule has 5 atom stereocenters. The van der Waals surface area contributed by atoms with Gasteiger partial charge in [-0.1, -0.05) is 97.9 Å². The fourth-order valence-corrected chi connectivity index (χ4v) is 7.23. The summed E-state index contributed by atoms with van der Waals surface area (Å²) in [5.41, 5.74) is 3.08. The van der Waals surface area contributed by atoms with Gasteiger partial charge in [-0.05, 0) is 80.4 Å². The molecule has 0 aliphatic carbocycles. The number of fused-ring (bicyclic) bond motifs is 1. The third-order valence-corrected chi connectivity index (χ3v) is 9.98. The van der Waals surface area contributed by atoms with Crippen LogP contribution in [0, 0.1) is 5.92 Å². The summed E-state index contributed by atoms with van der Waals surface area (Å²) in [6, 6.07) is 27.6. The fourth-order valence-electron chi connectivity index (χ4n) is 7.06. The largest absolute Gasteiger partial charge is 0.363 e. The van der Waals surface area contributed by atoms with E-state index >= 15 is 0 Å². The first-order valence-corrected chi connectivity index (χ1v) is 17.6. The Morgan fingerprint density at radius 1 is 0.854 bits per heavy atom. The molecule has 9 nitrogen and oxygen atoms in total. The van der Waals surface area contributed by atoms with Crippen LogP contribution in [0.2, 0.25) is 0 Å². The van der Waals surface area contributed by atoms with Crippen molar-refractivity contribution in [3.8, 4) is 0 Å². The summed E-state index contributed by atoms with van der Waals surface area (Å²) in [6.45, 7) is 3.11. The maximum Gasteiger partial charge on any atom is 0.246 e. The summed E-state index contributed by atoms with van der Waals surface area (Å²) in [5, 5.41) is 16.5. The second-order valence-electron chi connectivity index (χ2n) is 12.7. The molecule has 2 saturated heterocycles. The number of nitrogens with one attached hydrogen (secondary N) is 5. The molecular formula is C38H48N6O3S. The van der Waals surface area contributed by atoms with Crippen molar-refractivity contribution < 1.29 is 14.4 Å². The molecule has 2 heterocycles. The SMILES string of the molecule is CC[C@H](NC)C(=O)N[C@@H]1C(=O)N2[C@@H](CC[C@@H]1CCNC(=S)NCc1ccccc1)CC[C@H]2C(=O)NC(c1ccccc1)c1ccccc1. The van der Waals surface area contributed by atoms with Crippen LogP contribution in [-0.2, 0) is 20.9 Å². The Morgan fingerprint density at radius 3 is 2.06 bits per heavy atom. The number of carbonyl (C=O) groups is 3. The van der Waals surface area contributed by atoms with E-state index in [4.69, 9.17) is 12.2 Å². The molecule has 0 radical (unpaired) electrons. The third-order valence-electron chi connectivity index (χ3n) is 9.69. The van der Waals surface area contributed by atoms with Crippen molar-refractivity contribution in [2.45, 2.75) is 82.2 Å². The van der Waals surface area contributed by atoms with Gasteiger partial charge < -0.3 is 31.5 Å². The van der Waals surface area contributed by atoms with Gasteiger partial charge in [0.1, 0.15) is 12.1 Å². The molecule has 2 aliphatic heterocycles. The highest BCUT2D eigenvalue weighted by atomic mass is 32.1. The molecule has 3 aromatic carbocycles. The molecule has 2 fully saturated rings. The molecular weight excluding hydrogens is 621 g/mol. The van der Waals surface area contributed by atoms with E-state index in [0.29, 0.717) is 37.5 Å². The molecule has 0 bridgehead atoms. The van der Waals surface area contributed by atoms with E-state index in [1.165, 1.54) is 0 Å². The van der Waals surface area contributed by atoms with Gasteiger partial charge >= 0.3 is 0 Å². The van der Waals surface area contributed by atoms with Gasteiger partial charge in [0.15, 0.2) is 5.11 Å². The summed E-state index contributed by atoms with van der Waals surface area (Å²) >= 11 is 5.53. The topological polar surface area (TPSA) is 115 Å². The lowest BCUT2D eigenvalue weighted by Crippen LogP contribution is -2.58. The van der Waals surface area contributed by atoms with Crippen LogP contribution in [0.3, 0.4) is 0 Å². The number of likely N-dealkylation sites (N-methyl/N-ethyl adjacent to an activating group) is 1. The Morgan fingerprint density at radius 2 is 1.46 bits per heavy atom. The van der Waals surface area contributed by atoms with Gasteiger partial charge in [-0.3, -0.25) is 14.4 Å². The number of hydrogen-bond acceptors (Lipinski definition) is 5. The molecule has 0 aromatic heterocycles. The first-order valence-electron chi connectivity index (χ1n) is 17.1. The second kappa shape index (κ2) is 17.2. The van der Waals surface area contributed by atoms with Gasteiger partial charge in [0.2, 0.25) is 17.7 Å². The number of thiocarbonyl (C=S) groups is 1. The van der Waals surface area contributed by atoms with E-state index in [1.807, 2.05) is 97.9 Å². The van der Waals surface area contributed by atoms with Crippen molar-refractivity contribution in [2.24, 2.45) is 5.92 Å². The van der Waals surface area contributed by atoms with Crippen LogP contribution < -0.4 is 26.6 Å². The standard InChI is InChI=1S/C38H48N6O3S/c1-3-31(39-2)35(45)43-34-29(23-24-40-38(48)41-25-26-13-7-4-8-14-26)19-20-30-21-22-32(44(30)37(34)47)36(46)42-33(27-15-9-5-10-16-27)28-17-11-6-12-18-28/h4-18,29-34,39H,3,19-25H2,1-2H3,(H,42,46)(H,43,45)(H2,40,41,48)/t29-,30+,31+,32+,34+/m1/s1. The lowest BCUT2D eigenvalue weighted by Gasteiger charge is -2.33. The van der Waals surface area contributed by atoms with Gasteiger partial charge in [-0.15, -0.1) is 0 Å². The molecule has 3 aromatic rings. The number of benzene rings is 3. The normalized spacial score (nSPS) is 21.1. The average Bonchev–Trinajstić information content (AvgIpc) is 3.51. The van der Waals surface area contributed by atoms with Crippen molar-refractivity contribution in [1.82, 2.24) is 31.5 Å². The minimum absolute atomic E-state index is 0.0580. The molecule has 5 rings (SSSR count). The third kappa shape index (κ3) is 8.79. The van der Waals surface area contributed by atoms with Crippen LogP contribution in [-0.4, -0.2) is 65.5 Å². The summed E-state index contributed by atoms with van der Waals surface area (Å²) in [6.07, 6.45) is 4.09. The zero-order valence-corrected chi connectivity index (χ0v) is 28.7. The molecule has 10 heteroatoms. The number of rotatable bonds is 13. The van der Waals surface area contributed by atoms with Crippen LogP contribution in [0.5, 0.6) is 0 Å². The van der Waals surface area contributed by atoms with Crippen LogP contribution in [0.4, 0.5) is 0 Å². The van der Waals surface area contributed by atoms with Crippen LogP contribution >= 0.6 is 12.2 Å². The molecule has 5 N–H and O–H groups in total. The summed E-state index contributed by atoms with van der Waals surface area (Å²) in [4.78, 5) is 43.8. The van der Waals surface area contributed by atoms with Crippen molar-refractivity contribution in [1.29, 1.82) is 0 Å². The summed E-state index contributed by atoms with van der Waals surface area (Å²) in [5.74, 6) is -0.676. The van der Waals surface area contributed by atoms with Gasteiger partial charge in [0.25, 0.3) is 0 Å². The smallest absolute Gasteiger partial charge is 0.246 e. The summed E-state index contributed by atoms with van der Waals surface area (Å²) in [7, 11) is 1.75. The van der Waals surface area contributed by atoms with E-state index in [0.717, 1.165) is 36.0 Å². The van der Waals surface area contributed by atoms with E-state index in [-0.39, 0.29) is 35.7 Å². The van der Waals surface area contributed by atoms with Crippen LogP contribution in [0.15, 0.2) is 91.0 Å². The molecule has 0 saturated carbocycles. The maximum absolute atomic E-state index is 14.5. The lowest BCUT2D eigenvalue weighted by atomic mass is 9.90. The van der Waals surface area contributed by atoms with Crippen molar-refractivity contribution >= 4 is 35.1 Å². The monoisotopic (exact) mass is 668 g/mol. The van der Waals surface area contributed by atoms with Crippen molar-refractivity contribution in [3.05, 3.63) is 108 Å². The Bertz CT molecular complexity index is 1470. The molecule has 3 amide bonds. The van der Waals surface area contributed by atoms with Gasteiger partial charge in [-0.25, -0.2) is 0 Å². The number of hydrogen-bond donors (Lipinski definition) is 5. The second-order valence-corrected chi connectivity index (χ2v) is 13.1. The van der Waals surface area contributed by atoms with E-state index in [1.54, 1.807) is 11.9 Å². The number of amides is 3. The van der Waals surface area contributed by atoms with E-state index < -0.39 is 18.1 Å². The van der Waals surface area contributed by atoms with Gasteiger partial charge in [0.05, 0.1) is 12.1 Å². The number of carbonyl (C=O) groups excluding carboxylic acids is 3. The zero-order chi connectivity index (χ0) is 33.9. The number of nitrogens with zero attached hydrogens (tertiary/aromatic N) is 1. The maximum atomic E-state index is 14.5. The van der Waals surface area contributed by atoms with Crippen LogP contribution in [0.1, 0.15) is 68.2 Å². The van der Waals surface area contributed by atoms with E-state index in [9.17, 15) is 14.4 Å². The average molecular weight is 669 g/mol. The Balaban J connectivity index is 1.30. The Kier molecular flexibility index (Phi) is 12.6. The Hall–Kier alpha value is -4.28. The molecule has 2 aliphatic rings. The predicted molar refractivity (Wildman–Crippen MR) is 193 cm³/mol. The highest BCUT2D eigenvalue weighted by Gasteiger charge is 2.47. The minimum Gasteiger partial charge on any atom is -0.363 e. The quantitative estimate of drug-likeness (QED) is 0.174. The minimum atomic E-state index is -0.745. The highest BCUT2D eigenvalue weighted by Crippen LogP contribution is 2.35. The van der Waals surface area contributed by atoms with Crippen molar-refractivity contribution in [2.75, 3.05) is 13.6 Å². The first kappa shape index (κ1) is 35.0. The lowest BCUT2D eigenvalue weighted by molar-refractivity contribution is -0.143. The first-order chi connectivity index (χ1) is 23.4. The predicted octanol–water partition coefficient (Wildman–Crippen LogP) is 4.20. The van der Waals surface area contributed by atoms with Gasteiger partial charge in [-0.2, -0.15) is 0 Å². The molecule has 0 unspecified atom stereocenters. The fraction of sp³-hybridized carbons (Fsp3) is 0.421. The molecule has 0 spiro atoms. The van der Waals surface area contributed by atoms with E-state index in [2.05, 4.69) is 26.6 Å². The van der Waals surface area contributed by atoms with Crippen molar-refractivity contribution in [3.63, 3.8) is 0 Å². The molecule has 254 valence electrons. The molecule has 48 heavy (non-hydrogen) atoms. The summed E-state index contributed by atoms with van der Waals surface area (Å²) < 4.78 is 0. The van der Waals surface area contributed by atoms with Crippen LogP contribution in [0.25, 0.3) is 0 Å².